The molecular formula is C20H23ClN2O5. The Labute approximate surface area is 168 Å². The SMILES string of the molecule is CCCNC(=O)CN(C)C(=O)COC(=O)COc1ccc(Cl)c2ccccc12. The molecule has 0 heterocycles. The van der Waals surface area contributed by atoms with Crippen molar-refractivity contribution < 1.29 is 23.9 Å². The molecule has 0 atom stereocenters. The van der Waals surface area contributed by atoms with Crippen molar-refractivity contribution in [2.75, 3.05) is 33.4 Å². The Balaban J connectivity index is 1.81. The average molecular weight is 407 g/mol. The number of amides is 2. The van der Waals surface area contributed by atoms with Gasteiger partial charge in [0.05, 0.1) is 6.54 Å². The van der Waals surface area contributed by atoms with Gasteiger partial charge in [-0.05, 0) is 18.6 Å². The van der Waals surface area contributed by atoms with E-state index >= 15 is 0 Å². The van der Waals surface area contributed by atoms with Crippen molar-refractivity contribution in [1.29, 1.82) is 0 Å². The van der Waals surface area contributed by atoms with E-state index in [1.54, 1.807) is 12.1 Å². The summed E-state index contributed by atoms with van der Waals surface area (Å²) in [5.74, 6) is -0.928. The van der Waals surface area contributed by atoms with Gasteiger partial charge in [-0.15, -0.1) is 0 Å². The summed E-state index contributed by atoms with van der Waals surface area (Å²) in [6.07, 6.45) is 0.809. The van der Waals surface area contributed by atoms with Crippen LogP contribution >= 0.6 is 11.6 Å². The number of halogens is 1. The smallest absolute Gasteiger partial charge is 0.344 e. The van der Waals surface area contributed by atoms with Gasteiger partial charge in [0, 0.05) is 29.4 Å². The van der Waals surface area contributed by atoms with Crippen molar-refractivity contribution in [2.24, 2.45) is 0 Å². The van der Waals surface area contributed by atoms with E-state index in [2.05, 4.69) is 5.32 Å². The number of benzene rings is 2. The molecule has 0 saturated heterocycles. The molecular weight excluding hydrogens is 384 g/mol. The number of rotatable bonds is 9. The second-order valence-corrected chi connectivity index (χ2v) is 6.55. The van der Waals surface area contributed by atoms with E-state index < -0.39 is 18.5 Å². The standard InChI is InChI=1S/C20H23ClN2O5/c1-3-10-22-18(24)11-23(2)19(25)12-28-20(26)13-27-17-9-8-16(21)14-6-4-5-7-15(14)17/h4-9H,3,10-13H2,1-2H3,(H,22,24). The van der Waals surface area contributed by atoms with Crippen LogP contribution in [0.15, 0.2) is 36.4 Å². The summed E-state index contributed by atoms with van der Waals surface area (Å²) < 4.78 is 10.4. The summed E-state index contributed by atoms with van der Waals surface area (Å²) in [5, 5.41) is 4.84. The lowest BCUT2D eigenvalue weighted by Gasteiger charge is -2.16. The minimum Gasteiger partial charge on any atom is -0.481 e. The Hall–Kier alpha value is -2.80. The van der Waals surface area contributed by atoms with Crippen LogP contribution in [0.3, 0.4) is 0 Å². The van der Waals surface area contributed by atoms with E-state index in [1.807, 2.05) is 31.2 Å². The average Bonchev–Trinajstić information content (AvgIpc) is 2.70. The van der Waals surface area contributed by atoms with Gasteiger partial charge in [-0.3, -0.25) is 9.59 Å². The number of hydrogen-bond acceptors (Lipinski definition) is 5. The molecule has 0 aromatic heterocycles. The third kappa shape index (κ3) is 6.13. The number of hydrogen-bond donors (Lipinski definition) is 1. The maximum absolute atomic E-state index is 12.0. The zero-order valence-corrected chi connectivity index (χ0v) is 16.6. The Bertz CT molecular complexity index is 856. The predicted molar refractivity (Wildman–Crippen MR) is 106 cm³/mol. The highest BCUT2D eigenvalue weighted by Gasteiger charge is 2.15. The molecule has 2 aromatic carbocycles. The quantitative estimate of drug-likeness (QED) is 0.646. The van der Waals surface area contributed by atoms with Crippen molar-refractivity contribution >= 4 is 40.2 Å². The Morgan fingerprint density at radius 2 is 1.79 bits per heavy atom. The fourth-order valence-corrected chi connectivity index (χ4v) is 2.64. The van der Waals surface area contributed by atoms with E-state index in [0.717, 1.165) is 17.2 Å². The Kier molecular flexibility index (Phi) is 8.07. The summed E-state index contributed by atoms with van der Waals surface area (Å²) in [6.45, 7) is 1.58. The first-order chi connectivity index (χ1) is 13.4. The molecule has 8 heteroatoms. The predicted octanol–water partition coefficient (Wildman–Crippen LogP) is 2.40. The van der Waals surface area contributed by atoms with Crippen molar-refractivity contribution in [1.82, 2.24) is 10.2 Å². The molecule has 0 spiro atoms. The number of nitrogens with one attached hydrogen (secondary N) is 1. The Morgan fingerprint density at radius 3 is 2.50 bits per heavy atom. The third-order valence-electron chi connectivity index (χ3n) is 3.91. The minimum atomic E-state index is -0.684. The van der Waals surface area contributed by atoms with Crippen LogP contribution in [0.25, 0.3) is 10.8 Å². The maximum Gasteiger partial charge on any atom is 0.344 e. The molecule has 2 amide bonds. The number of likely N-dealkylation sites (N-methyl/N-ethyl adjacent to an activating group) is 1. The molecule has 0 fully saturated rings. The van der Waals surface area contributed by atoms with E-state index in [-0.39, 0.29) is 19.1 Å². The van der Waals surface area contributed by atoms with Crippen LogP contribution in [-0.4, -0.2) is 56.0 Å². The van der Waals surface area contributed by atoms with Gasteiger partial charge in [0.25, 0.3) is 5.91 Å². The maximum atomic E-state index is 12.0. The zero-order valence-electron chi connectivity index (χ0n) is 15.9. The van der Waals surface area contributed by atoms with Gasteiger partial charge in [-0.2, -0.15) is 0 Å². The number of fused-ring (bicyclic) bond motifs is 1. The van der Waals surface area contributed by atoms with Gasteiger partial charge in [0.15, 0.2) is 13.2 Å². The normalized spacial score (nSPS) is 10.4. The molecule has 0 aliphatic heterocycles. The second kappa shape index (κ2) is 10.5. The van der Waals surface area contributed by atoms with E-state index in [9.17, 15) is 14.4 Å². The molecule has 28 heavy (non-hydrogen) atoms. The van der Waals surface area contributed by atoms with Crippen LogP contribution in [0, 0.1) is 0 Å². The second-order valence-electron chi connectivity index (χ2n) is 6.14. The first-order valence-electron chi connectivity index (χ1n) is 8.88. The first kappa shape index (κ1) is 21.5. The van der Waals surface area contributed by atoms with Gasteiger partial charge < -0.3 is 19.7 Å². The van der Waals surface area contributed by atoms with Gasteiger partial charge in [0.1, 0.15) is 5.75 Å². The zero-order chi connectivity index (χ0) is 20.5. The molecule has 150 valence electrons. The lowest BCUT2D eigenvalue weighted by molar-refractivity contribution is -0.153. The van der Waals surface area contributed by atoms with E-state index in [1.165, 1.54) is 11.9 Å². The molecule has 2 rings (SSSR count). The molecule has 0 unspecified atom stereocenters. The third-order valence-corrected chi connectivity index (χ3v) is 4.24. The number of carbonyl (C=O) groups is 3. The lowest BCUT2D eigenvalue weighted by atomic mass is 10.1. The molecule has 2 aromatic rings. The van der Waals surface area contributed by atoms with Crippen LogP contribution in [0.5, 0.6) is 5.75 Å². The van der Waals surface area contributed by atoms with Crippen molar-refractivity contribution in [3.05, 3.63) is 41.4 Å². The number of ether oxygens (including phenoxy) is 2. The van der Waals surface area contributed by atoms with E-state index in [4.69, 9.17) is 21.1 Å². The van der Waals surface area contributed by atoms with Crippen LogP contribution in [0.2, 0.25) is 5.02 Å². The van der Waals surface area contributed by atoms with Crippen LogP contribution in [0.4, 0.5) is 0 Å². The lowest BCUT2D eigenvalue weighted by Crippen LogP contribution is -2.40. The monoisotopic (exact) mass is 406 g/mol. The molecule has 0 aliphatic rings. The number of carbonyl (C=O) groups excluding carboxylic acids is 3. The van der Waals surface area contributed by atoms with Crippen LogP contribution in [-0.2, 0) is 19.1 Å². The number of nitrogens with zero attached hydrogens (tertiary/aromatic N) is 1. The first-order valence-corrected chi connectivity index (χ1v) is 9.26. The minimum absolute atomic E-state index is 0.0936. The molecule has 7 nitrogen and oxygen atoms in total. The largest absolute Gasteiger partial charge is 0.481 e. The number of esters is 1. The highest BCUT2D eigenvalue weighted by atomic mass is 35.5. The Morgan fingerprint density at radius 1 is 1.07 bits per heavy atom. The van der Waals surface area contributed by atoms with Gasteiger partial charge in [-0.1, -0.05) is 42.8 Å². The molecule has 1 N–H and O–H groups in total. The summed E-state index contributed by atoms with van der Waals surface area (Å²) >= 11 is 6.15. The fourth-order valence-electron chi connectivity index (χ4n) is 2.42. The molecule has 0 radical (unpaired) electrons. The summed E-state index contributed by atoms with van der Waals surface area (Å²) in [7, 11) is 1.47. The van der Waals surface area contributed by atoms with Gasteiger partial charge >= 0.3 is 5.97 Å². The van der Waals surface area contributed by atoms with Gasteiger partial charge in [0.2, 0.25) is 5.91 Å². The summed E-state index contributed by atoms with van der Waals surface area (Å²) in [4.78, 5) is 36.6. The fraction of sp³-hybridized carbons (Fsp3) is 0.350. The van der Waals surface area contributed by atoms with Crippen LogP contribution in [0.1, 0.15) is 13.3 Å². The van der Waals surface area contributed by atoms with Crippen molar-refractivity contribution in [3.8, 4) is 5.75 Å². The van der Waals surface area contributed by atoms with Crippen molar-refractivity contribution in [2.45, 2.75) is 13.3 Å². The summed E-state index contributed by atoms with van der Waals surface area (Å²) in [5.41, 5.74) is 0. The topological polar surface area (TPSA) is 84.9 Å². The van der Waals surface area contributed by atoms with Gasteiger partial charge in [-0.25, -0.2) is 4.79 Å². The molecule has 0 saturated carbocycles. The molecule has 0 aliphatic carbocycles. The highest BCUT2D eigenvalue weighted by Crippen LogP contribution is 2.31. The summed E-state index contributed by atoms with van der Waals surface area (Å²) in [6, 6.07) is 10.8. The molecule has 0 bridgehead atoms. The van der Waals surface area contributed by atoms with E-state index in [0.29, 0.717) is 17.3 Å². The van der Waals surface area contributed by atoms with Crippen LogP contribution < -0.4 is 10.1 Å². The highest BCUT2D eigenvalue weighted by molar-refractivity contribution is 6.35. The van der Waals surface area contributed by atoms with Crippen molar-refractivity contribution in [3.63, 3.8) is 0 Å².